The Morgan fingerprint density at radius 3 is 2.71 bits per heavy atom. The summed E-state index contributed by atoms with van der Waals surface area (Å²) in [5, 5.41) is 10.8. The number of hydrogen-bond acceptors (Lipinski definition) is 3. The van der Waals surface area contributed by atoms with E-state index in [0.29, 0.717) is 6.61 Å². The van der Waals surface area contributed by atoms with Gasteiger partial charge in [0.05, 0.1) is 11.5 Å². The Kier molecular flexibility index (Phi) is 3.58. The van der Waals surface area contributed by atoms with Crippen molar-refractivity contribution >= 4 is 30.2 Å². The minimum atomic E-state index is -0.383. The van der Waals surface area contributed by atoms with Gasteiger partial charge in [-0.25, -0.2) is 0 Å². The fraction of sp³-hybridized carbons (Fsp3) is 0.125. The summed E-state index contributed by atoms with van der Waals surface area (Å²) >= 11 is 0. The van der Waals surface area contributed by atoms with E-state index >= 15 is 0 Å². The van der Waals surface area contributed by atoms with Crippen LogP contribution in [0, 0.1) is 10.1 Å². The van der Waals surface area contributed by atoms with Gasteiger partial charge in [-0.2, -0.15) is 0 Å². The second-order valence-corrected chi connectivity index (χ2v) is 5.10. The highest BCUT2D eigenvalue weighted by Crippen LogP contribution is 2.17. The Balaban J connectivity index is 1.83. The maximum atomic E-state index is 10.8. The monoisotopic (exact) mass is 279 g/mol. The molecule has 1 aliphatic heterocycles. The van der Waals surface area contributed by atoms with Gasteiger partial charge >= 0.3 is 6.92 Å². The van der Waals surface area contributed by atoms with Crippen LogP contribution in [-0.2, 0) is 11.3 Å². The summed E-state index contributed by atoms with van der Waals surface area (Å²) in [5.74, 6) is 0. The number of nitrogens with zero attached hydrogens (tertiary/aromatic N) is 1. The van der Waals surface area contributed by atoms with Crippen molar-refractivity contribution in [3.05, 3.63) is 69.3 Å². The third-order valence-electron chi connectivity index (χ3n) is 3.64. The van der Waals surface area contributed by atoms with Gasteiger partial charge in [0.2, 0.25) is 0 Å². The average Bonchev–Trinajstić information content (AvgIpc) is 2.86. The molecule has 0 fully saturated rings. The Morgan fingerprint density at radius 1 is 1.19 bits per heavy atom. The number of nitro groups is 1. The predicted molar refractivity (Wildman–Crippen MR) is 84.5 cm³/mol. The van der Waals surface area contributed by atoms with Crippen LogP contribution in [0.15, 0.2) is 42.5 Å². The molecule has 21 heavy (non-hydrogen) atoms. The number of nitro benzene ring substituents is 1. The minimum absolute atomic E-state index is 0.105. The maximum absolute atomic E-state index is 10.8. The fourth-order valence-electron chi connectivity index (χ4n) is 2.49. The van der Waals surface area contributed by atoms with E-state index in [0.717, 1.165) is 11.1 Å². The minimum Gasteiger partial charge on any atom is -0.427 e. The van der Waals surface area contributed by atoms with Crippen molar-refractivity contribution in [2.24, 2.45) is 0 Å². The quantitative estimate of drug-likeness (QED) is 0.375. The van der Waals surface area contributed by atoms with E-state index in [-0.39, 0.29) is 17.5 Å². The number of fused-ring (bicyclic) bond motifs is 1. The lowest BCUT2D eigenvalue weighted by atomic mass is 9.64. The number of rotatable bonds is 3. The summed E-state index contributed by atoms with van der Waals surface area (Å²) in [5.41, 5.74) is 4.44. The summed E-state index contributed by atoms with van der Waals surface area (Å²) in [6.07, 6.45) is 3.84. The highest BCUT2D eigenvalue weighted by molar-refractivity contribution is 6.67. The lowest BCUT2D eigenvalue weighted by molar-refractivity contribution is -0.384. The topological polar surface area (TPSA) is 52.4 Å². The summed E-state index contributed by atoms with van der Waals surface area (Å²) in [6.45, 7) is 2.86. The van der Waals surface area contributed by atoms with E-state index < -0.39 is 0 Å². The molecule has 2 aromatic rings. The molecular weight excluding hydrogens is 265 g/mol. The van der Waals surface area contributed by atoms with E-state index in [1.54, 1.807) is 12.1 Å². The van der Waals surface area contributed by atoms with Crippen molar-refractivity contribution in [2.45, 2.75) is 13.4 Å². The van der Waals surface area contributed by atoms with Crippen LogP contribution in [-0.4, -0.2) is 11.8 Å². The van der Waals surface area contributed by atoms with Crippen molar-refractivity contribution in [3.8, 4) is 0 Å². The van der Waals surface area contributed by atoms with Gasteiger partial charge in [0, 0.05) is 12.1 Å². The van der Waals surface area contributed by atoms with Crippen LogP contribution < -0.4 is 5.46 Å². The standard InChI is InChI=1S/C16H14BNO3/c1-17-16-8-7-13(9-14(16)11-21-17)6-5-12-3-2-4-15(10-12)18(19)20/h2-10H,11H2,1H3/b6-5+. The first-order chi connectivity index (χ1) is 10.1. The Hall–Kier alpha value is -2.40. The lowest BCUT2D eigenvalue weighted by Gasteiger charge is -2.01. The second kappa shape index (κ2) is 5.54. The van der Waals surface area contributed by atoms with Gasteiger partial charge < -0.3 is 4.65 Å². The van der Waals surface area contributed by atoms with Crippen molar-refractivity contribution in [1.82, 2.24) is 0 Å². The SMILES string of the molecule is CB1OCc2cc(/C=C/c3cccc([N+](=O)[O-])c3)ccc21. The summed E-state index contributed by atoms with van der Waals surface area (Å²) < 4.78 is 5.58. The van der Waals surface area contributed by atoms with Gasteiger partial charge in [-0.3, -0.25) is 10.1 Å². The molecule has 2 aromatic carbocycles. The fourth-order valence-corrected chi connectivity index (χ4v) is 2.49. The molecule has 1 heterocycles. The molecule has 0 aliphatic carbocycles. The van der Waals surface area contributed by atoms with E-state index in [1.807, 2.05) is 31.1 Å². The molecule has 0 bridgehead atoms. The first-order valence-electron chi connectivity index (χ1n) is 6.80. The second-order valence-electron chi connectivity index (χ2n) is 5.10. The molecule has 1 aliphatic rings. The summed E-state index contributed by atoms with van der Waals surface area (Å²) in [7, 11) is 0. The first-order valence-corrected chi connectivity index (χ1v) is 6.80. The van der Waals surface area contributed by atoms with Gasteiger partial charge in [0.25, 0.3) is 5.69 Å². The van der Waals surface area contributed by atoms with Crippen LogP contribution in [0.3, 0.4) is 0 Å². The van der Waals surface area contributed by atoms with Gasteiger partial charge in [-0.1, -0.05) is 43.2 Å². The molecular formula is C16H14BNO3. The molecule has 0 amide bonds. The normalized spacial score (nSPS) is 13.7. The van der Waals surface area contributed by atoms with Crippen LogP contribution in [0.4, 0.5) is 5.69 Å². The molecule has 0 aromatic heterocycles. The Morgan fingerprint density at radius 2 is 1.95 bits per heavy atom. The van der Waals surface area contributed by atoms with Crippen LogP contribution in [0.5, 0.6) is 0 Å². The zero-order valence-corrected chi connectivity index (χ0v) is 11.7. The number of hydrogen-bond donors (Lipinski definition) is 0. The Labute approximate surface area is 123 Å². The van der Waals surface area contributed by atoms with Crippen LogP contribution in [0.2, 0.25) is 6.82 Å². The van der Waals surface area contributed by atoms with Crippen molar-refractivity contribution in [2.75, 3.05) is 0 Å². The average molecular weight is 279 g/mol. The Bertz CT molecular complexity index is 727. The third-order valence-corrected chi connectivity index (χ3v) is 3.64. The summed E-state index contributed by atoms with van der Waals surface area (Å²) in [6, 6.07) is 12.8. The zero-order chi connectivity index (χ0) is 14.8. The van der Waals surface area contributed by atoms with E-state index in [9.17, 15) is 10.1 Å². The van der Waals surface area contributed by atoms with Gasteiger partial charge in [0.1, 0.15) is 0 Å². The smallest absolute Gasteiger partial charge is 0.324 e. The molecule has 3 rings (SSSR count). The molecule has 104 valence electrons. The van der Waals surface area contributed by atoms with Crippen LogP contribution in [0.25, 0.3) is 12.2 Å². The largest absolute Gasteiger partial charge is 0.427 e. The van der Waals surface area contributed by atoms with Crippen molar-refractivity contribution in [1.29, 1.82) is 0 Å². The van der Waals surface area contributed by atoms with Crippen LogP contribution in [0.1, 0.15) is 16.7 Å². The maximum Gasteiger partial charge on any atom is 0.324 e. The molecule has 0 radical (unpaired) electrons. The molecule has 0 N–H and O–H groups in total. The summed E-state index contributed by atoms with van der Waals surface area (Å²) in [4.78, 5) is 10.4. The number of non-ortho nitro benzene ring substituents is 1. The van der Waals surface area contributed by atoms with Crippen molar-refractivity contribution in [3.63, 3.8) is 0 Å². The highest BCUT2D eigenvalue weighted by atomic mass is 16.6. The zero-order valence-electron chi connectivity index (χ0n) is 11.7. The molecule has 4 nitrogen and oxygen atoms in total. The molecule has 5 heteroatoms. The van der Waals surface area contributed by atoms with Crippen LogP contribution >= 0.6 is 0 Å². The van der Waals surface area contributed by atoms with E-state index in [4.69, 9.17) is 4.65 Å². The molecule has 0 atom stereocenters. The van der Waals surface area contributed by atoms with E-state index in [1.165, 1.54) is 17.1 Å². The lowest BCUT2D eigenvalue weighted by Crippen LogP contribution is -2.23. The molecule has 0 unspecified atom stereocenters. The predicted octanol–water partition coefficient (Wildman–Crippen LogP) is 3.12. The van der Waals surface area contributed by atoms with Crippen molar-refractivity contribution < 1.29 is 9.58 Å². The molecule has 0 spiro atoms. The molecule has 0 saturated heterocycles. The third kappa shape index (κ3) is 2.88. The highest BCUT2D eigenvalue weighted by Gasteiger charge is 2.22. The molecule has 0 saturated carbocycles. The van der Waals surface area contributed by atoms with Gasteiger partial charge in [-0.05, 0) is 28.2 Å². The number of benzene rings is 2. The van der Waals surface area contributed by atoms with Gasteiger partial charge in [0.15, 0.2) is 0 Å². The van der Waals surface area contributed by atoms with E-state index in [2.05, 4.69) is 12.1 Å². The van der Waals surface area contributed by atoms with Gasteiger partial charge in [-0.15, -0.1) is 0 Å². The first kappa shape index (κ1) is 13.6.